The molecule has 0 radical (unpaired) electrons. The van der Waals surface area contributed by atoms with Gasteiger partial charge in [-0.3, -0.25) is 0 Å². The van der Waals surface area contributed by atoms with Gasteiger partial charge in [0.05, 0.1) is 0 Å². The lowest BCUT2D eigenvalue weighted by molar-refractivity contribution is 0.444. The number of allylic oxidation sites excluding steroid dienone is 5. The molecular formula is C24H44. The molecule has 0 spiro atoms. The highest BCUT2D eigenvalue weighted by molar-refractivity contribution is 4.89. The van der Waals surface area contributed by atoms with Crippen molar-refractivity contribution in [3.05, 3.63) is 37.0 Å². The van der Waals surface area contributed by atoms with E-state index < -0.39 is 0 Å². The van der Waals surface area contributed by atoms with E-state index in [2.05, 4.69) is 51.7 Å². The predicted molar refractivity (Wildman–Crippen MR) is 113 cm³/mol. The third-order valence-corrected chi connectivity index (χ3v) is 4.94. The van der Waals surface area contributed by atoms with Gasteiger partial charge in [0, 0.05) is 0 Å². The van der Waals surface area contributed by atoms with Crippen LogP contribution in [-0.2, 0) is 0 Å². The van der Waals surface area contributed by atoms with Gasteiger partial charge in [-0.15, -0.1) is 6.58 Å². The Bertz CT molecular complexity index is 304. The largest absolute Gasteiger partial charge is 0.103 e. The van der Waals surface area contributed by atoms with E-state index in [1.807, 2.05) is 6.08 Å². The van der Waals surface area contributed by atoms with E-state index in [1.165, 1.54) is 77.0 Å². The minimum atomic E-state index is 0.783. The maximum Gasteiger partial charge on any atom is -0.0236 e. The van der Waals surface area contributed by atoms with Crippen LogP contribution < -0.4 is 0 Å². The van der Waals surface area contributed by atoms with Gasteiger partial charge in [-0.25, -0.2) is 0 Å². The average Bonchev–Trinajstić information content (AvgIpc) is 2.59. The van der Waals surface area contributed by atoms with Crippen LogP contribution in [0.1, 0.15) is 104 Å². The fourth-order valence-electron chi connectivity index (χ4n) is 3.38. The average molecular weight is 333 g/mol. The van der Waals surface area contributed by atoms with Crippen molar-refractivity contribution in [1.82, 2.24) is 0 Å². The molecule has 0 amide bonds. The fourth-order valence-corrected chi connectivity index (χ4v) is 3.38. The highest BCUT2D eigenvalue weighted by Crippen LogP contribution is 2.19. The number of unbranched alkanes of at least 4 members (excludes halogenated alkanes) is 4. The van der Waals surface area contributed by atoms with E-state index in [4.69, 9.17) is 0 Å². The highest BCUT2D eigenvalue weighted by atomic mass is 14.1. The molecule has 0 heteroatoms. The Morgan fingerprint density at radius 2 is 1.42 bits per heavy atom. The summed E-state index contributed by atoms with van der Waals surface area (Å²) in [7, 11) is 0. The molecule has 24 heavy (non-hydrogen) atoms. The normalized spacial score (nSPS) is 13.3. The standard InChI is InChI=1S/C24H44/c1-5-9-10-11-12-15-20-23(8-4)21-16-13-14-17-22-24(18-6-2)19-7-3/h5,14-15,17,20,23-24H,1,6-13,16,18-19,21-22H2,2-4H3. The van der Waals surface area contributed by atoms with Crippen LogP contribution in [0.4, 0.5) is 0 Å². The second-order valence-electron chi connectivity index (χ2n) is 7.25. The van der Waals surface area contributed by atoms with Crippen LogP contribution in [-0.4, -0.2) is 0 Å². The molecule has 1 unspecified atom stereocenters. The summed E-state index contributed by atoms with van der Waals surface area (Å²) in [5.74, 6) is 1.70. The summed E-state index contributed by atoms with van der Waals surface area (Å²) in [6, 6.07) is 0. The van der Waals surface area contributed by atoms with Gasteiger partial charge in [0.2, 0.25) is 0 Å². The van der Waals surface area contributed by atoms with Gasteiger partial charge in [0.25, 0.3) is 0 Å². The number of rotatable bonds is 17. The first-order valence-electron chi connectivity index (χ1n) is 10.7. The molecule has 0 fully saturated rings. The second-order valence-corrected chi connectivity index (χ2v) is 7.25. The summed E-state index contributed by atoms with van der Waals surface area (Å²) in [4.78, 5) is 0. The summed E-state index contributed by atoms with van der Waals surface area (Å²) in [6.45, 7) is 10.7. The second kappa shape index (κ2) is 18.6. The van der Waals surface area contributed by atoms with Crippen molar-refractivity contribution in [1.29, 1.82) is 0 Å². The summed E-state index contributed by atoms with van der Waals surface area (Å²) >= 11 is 0. The molecule has 0 aliphatic heterocycles. The van der Waals surface area contributed by atoms with Crippen molar-refractivity contribution in [3.8, 4) is 0 Å². The molecule has 0 rings (SSSR count). The Morgan fingerprint density at radius 3 is 2.04 bits per heavy atom. The van der Waals surface area contributed by atoms with Crippen molar-refractivity contribution in [2.75, 3.05) is 0 Å². The molecular weight excluding hydrogens is 288 g/mol. The Hall–Kier alpha value is -0.780. The molecule has 0 aliphatic carbocycles. The Kier molecular flexibility index (Phi) is 18.0. The maximum atomic E-state index is 3.78. The van der Waals surface area contributed by atoms with E-state index in [0.29, 0.717) is 0 Å². The van der Waals surface area contributed by atoms with E-state index in [0.717, 1.165) is 18.3 Å². The van der Waals surface area contributed by atoms with Crippen molar-refractivity contribution < 1.29 is 0 Å². The van der Waals surface area contributed by atoms with Gasteiger partial charge in [0.15, 0.2) is 0 Å². The lowest BCUT2D eigenvalue weighted by atomic mass is 9.94. The zero-order chi connectivity index (χ0) is 17.9. The van der Waals surface area contributed by atoms with Crippen LogP contribution in [0.3, 0.4) is 0 Å². The van der Waals surface area contributed by atoms with Crippen LogP contribution in [0.5, 0.6) is 0 Å². The molecule has 0 saturated carbocycles. The molecule has 0 N–H and O–H groups in total. The van der Waals surface area contributed by atoms with Crippen LogP contribution in [0, 0.1) is 11.8 Å². The van der Waals surface area contributed by atoms with Crippen LogP contribution in [0.2, 0.25) is 0 Å². The SMILES string of the molecule is C=CCCCCC=CC(CC)CCCC=CCC(CCC)CCC. The number of hydrogen-bond donors (Lipinski definition) is 0. The molecule has 0 aromatic heterocycles. The smallest absolute Gasteiger partial charge is 0.0236 e. The number of hydrogen-bond acceptors (Lipinski definition) is 0. The third kappa shape index (κ3) is 14.8. The molecule has 0 bridgehead atoms. The topological polar surface area (TPSA) is 0 Å². The summed E-state index contributed by atoms with van der Waals surface area (Å²) in [5, 5.41) is 0. The molecule has 0 heterocycles. The Balaban J connectivity index is 3.79. The lowest BCUT2D eigenvalue weighted by Crippen LogP contribution is -1.97. The van der Waals surface area contributed by atoms with Crippen LogP contribution in [0.15, 0.2) is 37.0 Å². The summed E-state index contributed by atoms with van der Waals surface area (Å²) < 4.78 is 0. The zero-order valence-electron chi connectivity index (χ0n) is 16.9. The lowest BCUT2D eigenvalue weighted by Gasteiger charge is -2.12. The van der Waals surface area contributed by atoms with Crippen molar-refractivity contribution in [2.24, 2.45) is 11.8 Å². The molecule has 0 aliphatic rings. The third-order valence-electron chi connectivity index (χ3n) is 4.94. The molecule has 0 aromatic carbocycles. The molecule has 1 atom stereocenters. The van der Waals surface area contributed by atoms with E-state index in [1.54, 1.807) is 0 Å². The van der Waals surface area contributed by atoms with E-state index in [9.17, 15) is 0 Å². The predicted octanol–water partition coefficient (Wildman–Crippen LogP) is 8.65. The fraction of sp³-hybridized carbons (Fsp3) is 0.750. The quantitative estimate of drug-likeness (QED) is 0.185. The minimum Gasteiger partial charge on any atom is -0.103 e. The van der Waals surface area contributed by atoms with Gasteiger partial charge in [-0.05, 0) is 69.6 Å². The molecule has 0 saturated heterocycles. The molecule has 140 valence electrons. The Morgan fingerprint density at radius 1 is 0.750 bits per heavy atom. The first-order chi connectivity index (χ1) is 11.8. The highest BCUT2D eigenvalue weighted by Gasteiger charge is 2.04. The van der Waals surface area contributed by atoms with Gasteiger partial charge < -0.3 is 0 Å². The van der Waals surface area contributed by atoms with Gasteiger partial charge in [-0.2, -0.15) is 0 Å². The van der Waals surface area contributed by atoms with E-state index in [-0.39, 0.29) is 0 Å². The van der Waals surface area contributed by atoms with Crippen LogP contribution >= 0.6 is 0 Å². The maximum absolute atomic E-state index is 3.78. The van der Waals surface area contributed by atoms with Gasteiger partial charge in [0.1, 0.15) is 0 Å². The monoisotopic (exact) mass is 332 g/mol. The summed E-state index contributed by atoms with van der Waals surface area (Å²) in [5.41, 5.74) is 0. The first-order valence-corrected chi connectivity index (χ1v) is 10.7. The van der Waals surface area contributed by atoms with Crippen molar-refractivity contribution in [3.63, 3.8) is 0 Å². The van der Waals surface area contributed by atoms with Crippen molar-refractivity contribution >= 4 is 0 Å². The van der Waals surface area contributed by atoms with Crippen molar-refractivity contribution in [2.45, 2.75) is 104 Å². The first kappa shape index (κ1) is 23.2. The minimum absolute atomic E-state index is 0.783. The zero-order valence-corrected chi connectivity index (χ0v) is 16.9. The summed E-state index contributed by atoms with van der Waals surface area (Å²) in [6.07, 6.45) is 28.7. The Labute approximate surface area is 153 Å². The van der Waals surface area contributed by atoms with Crippen LogP contribution in [0.25, 0.3) is 0 Å². The molecule has 0 aromatic rings. The molecule has 0 nitrogen and oxygen atoms in total. The van der Waals surface area contributed by atoms with Gasteiger partial charge >= 0.3 is 0 Å². The van der Waals surface area contributed by atoms with Gasteiger partial charge in [-0.1, -0.05) is 76.8 Å². The van der Waals surface area contributed by atoms with E-state index >= 15 is 0 Å².